The van der Waals surface area contributed by atoms with Crippen molar-refractivity contribution in [3.63, 3.8) is 0 Å². The molecule has 0 aromatic carbocycles. The van der Waals surface area contributed by atoms with Crippen LogP contribution in [0.3, 0.4) is 0 Å². The van der Waals surface area contributed by atoms with Crippen molar-refractivity contribution in [2.75, 3.05) is 7.05 Å². The van der Waals surface area contributed by atoms with Crippen LogP contribution >= 0.6 is 0 Å². The number of hydrogen-bond acceptors (Lipinski definition) is 4. The lowest BCUT2D eigenvalue weighted by atomic mass is 9.96. The number of hydrogen-bond donors (Lipinski definition) is 1. The molecule has 1 aromatic heterocycles. The van der Waals surface area contributed by atoms with E-state index in [-0.39, 0.29) is 22.6 Å². The van der Waals surface area contributed by atoms with Crippen LogP contribution in [-0.2, 0) is 0 Å². The third kappa shape index (κ3) is 2.36. The Bertz CT molecular complexity index is 393. The summed E-state index contributed by atoms with van der Waals surface area (Å²) in [5, 5.41) is 14.1. The fourth-order valence-electron chi connectivity index (χ4n) is 1.63. The highest BCUT2D eigenvalue weighted by molar-refractivity contribution is 5.44. The molecule has 5 nitrogen and oxygen atoms in total. The zero-order chi connectivity index (χ0) is 12.3. The highest BCUT2D eigenvalue weighted by Crippen LogP contribution is 2.29. The average Bonchev–Trinajstić information content (AvgIpc) is 2.26. The van der Waals surface area contributed by atoms with Crippen LogP contribution in [-0.4, -0.2) is 23.0 Å². The third-order valence-electron chi connectivity index (χ3n) is 2.97. The van der Waals surface area contributed by atoms with Crippen LogP contribution in [0.15, 0.2) is 12.3 Å². The molecule has 0 saturated carbocycles. The molecule has 16 heavy (non-hydrogen) atoms. The monoisotopic (exact) mass is 223 g/mol. The second-order valence-electron chi connectivity index (χ2n) is 3.98. The normalized spacial score (nSPS) is 14.5. The van der Waals surface area contributed by atoms with Crippen molar-refractivity contribution in [3.8, 4) is 0 Å². The molecule has 0 fully saturated rings. The summed E-state index contributed by atoms with van der Waals surface area (Å²) in [5.41, 5.74) is 1.34. The van der Waals surface area contributed by atoms with Crippen LogP contribution in [0, 0.1) is 17.0 Å². The van der Waals surface area contributed by atoms with Gasteiger partial charge in [0.2, 0.25) is 0 Å². The maximum Gasteiger partial charge on any atom is 0.293 e. The first-order chi connectivity index (χ1) is 7.49. The summed E-state index contributed by atoms with van der Waals surface area (Å²) in [6.45, 7) is 5.66. The third-order valence-corrected chi connectivity index (χ3v) is 2.97. The molecule has 0 aliphatic heterocycles. The molecule has 0 amide bonds. The number of nitrogens with one attached hydrogen (secondary N) is 1. The minimum Gasteiger partial charge on any atom is -0.317 e. The van der Waals surface area contributed by atoms with Crippen molar-refractivity contribution in [2.24, 2.45) is 0 Å². The van der Waals surface area contributed by atoms with Crippen LogP contribution in [0.1, 0.15) is 31.0 Å². The van der Waals surface area contributed by atoms with Gasteiger partial charge in [0.15, 0.2) is 0 Å². The van der Waals surface area contributed by atoms with E-state index in [2.05, 4.69) is 10.3 Å². The Morgan fingerprint density at radius 1 is 1.50 bits per heavy atom. The minimum atomic E-state index is -0.351. The molecule has 5 heteroatoms. The summed E-state index contributed by atoms with van der Waals surface area (Å²) < 4.78 is 0. The summed E-state index contributed by atoms with van der Waals surface area (Å²) >= 11 is 0. The molecule has 2 atom stereocenters. The Morgan fingerprint density at radius 3 is 2.62 bits per heavy atom. The number of rotatable bonds is 4. The van der Waals surface area contributed by atoms with Crippen LogP contribution in [0.2, 0.25) is 0 Å². The van der Waals surface area contributed by atoms with E-state index in [1.165, 1.54) is 0 Å². The minimum absolute atomic E-state index is 0.00491. The molecule has 0 aliphatic carbocycles. The van der Waals surface area contributed by atoms with E-state index in [1.54, 1.807) is 19.2 Å². The smallest absolute Gasteiger partial charge is 0.293 e. The highest BCUT2D eigenvalue weighted by atomic mass is 16.6. The van der Waals surface area contributed by atoms with E-state index >= 15 is 0 Å². The van der Waals surface area contributed by atoms with Gasteiger partial charge >= 0.3 is 0 Å². The van der Waals surface area contributed by atoms with Crippen LogP contribution in [0.4, 0.5) is 5.69 Å². The number of likely N-dealkylation sites (N-methyl/N-ethyl adjacent to an activating group) is 1. The molecule has 1 aromatic rings. The predicted molar refractivity (Wildman–Crippen MR) is 62.6 cm³/mol. The van der Waals surface area contributed by atoms with E-state index in [4.69, 9.17) is 0 Å². The second-order valence-corrected chi connectivity index (χ2v) is 3.98. The van der Waals surface area contributed by atoms with E-state index < -0.39 is 0 Å². The van der Waals surface area contributed by atoms with E-state index in [0.29, 0.717) is 11.3 Å². The summed E-state index contributed by atoms with van der Waals surface area (Å²) in [5.74, 6) is 0.00491. The number of pyridine rings is 1. The maximum atomic E-state index is 11.0. The molecule has 1 heterocycles. The first-order valence-electron chi connectivity index (χ1n) is 5.26. The Hall–Kier alpha value is -1.49. The van der Waals surface area contributed by atoms with Gasteiger partial charge in [-0.15, -0.1) is 0 Å². The van der Waals surface area contributed by atoms with Gasteiger partial charge in [-0.25, -0.2) is 0 Å². The van der Waals surface area contributed by atoms with Gasteiger partial charge in [-0.1, -0.05) is 6.92 Å². The summed E-state index contributed by atoms with van der Waals surface area (Å²) in [4.78, 5) is 14.8. The largest absolute Gasteiger partial charge is 0.317 e. The molecule has 0 saturated heterocycles. The van der Waals surface area contributed by atoms with Gasteiger partial charge in [0.05, 0.1) is 4.92 Å². The Labute approximate surface area is 95.0 Å². The Balaban J connectivity index is 3.22. The Morgan fingerprint density at radius 2 is 2.12 bits per heavy atom. The first kappa shape index (κ1) is 12.6. The molecular formula is C11H17N3O2. The molecule has 1 N–H and O–H groups in total. The molecule has 1 rings (SSSR count). The molecule has 0 aliphatic rings. The average molecular weight is 223 g/mol. The second kappa shape index (κ2) is 5.03. The van der Waals surface area contributed by atoms with E-state index in [9.17, 15) is 10.1 Å². The molecule has 88 valence electrons. The van der Waals surface area contributed by atoms with E-state index in [1.807, 2.05) is 20.9 Å². The zero-order valence-corrected chi connectivity index (χ0v) is 10.0. The lowest BCUT2D eigenvalue weighted by molar-refractivity contribution is -0.386. The molecule has 2 unspecified atom stereocenters. The van der Waals surface area contributed by atoms with Crippen molar-refractivity contribution in [1.29, 1.82) is 0 Å². The van der Waals surface area contributed by atoms with Gasteiger partial charge in [-0.2, -0.15) is 0 Å². The number of nitrogens with zero attached hydrogens (tertiary/aromatic N) is 2. The summed E-state index contributed by atoms with van der Waals surface area (Å²) in [7, 11) is 1.84. The van der Waals surface area contributed by atoms with Gasteiger partial charge in [0.1, 0.15) is 5.69 Å². The molecular weight excluding hydrogens is 206 g/mol. The maximum absolute atomic E-state index is 11.0. The van der Waals surface area contributed by atoms with Crippen molar-refractivity contribution in [3.05, 3.63) is 33.6 Å². The molecule has 0 radical (unpaired) electrons. The lowest BCUT2D eigenvalue weighted by Crippen LogP contribution is -2.28. The van der Waals surface area contributed by atoms with Gasteiger partial charge < -0.3 is 5.32 Å². The number of aromatic nitrogens is 1. The fourth-order valence-corrected chi connectivity index (χ4v) is 1.63. The van der Waals surface area contributed by atoms with Crippen molar-refractivity contribution in [2.45, 2.75) is 32.7 Å². The molecule has 0 bridgehead atoms. The first-order valence-corrected chi connectivity index (χ1v) is 5.26. The lowest BCUT2D eigenvalue weighted by Gasteiger charge is -2.18. The van der Waals surface area contributed by atoms with Crippen LogP contribution in [0.25, 0.3) is 0 Å². The number of aryl methyl sites for hydroxylation is 1. The SMILES string of the molecule is CNC(C)C(C)c1nccc(C)c1[N+](=O)[O-]. The molecule has 0 spiro atoms. The van der Waals surface area contributed by atoms with Gasteiger partial charge in [-0.3, -0.25) is 15.1 Å². The summed E-state index contributed by atoms with van der Waals surface area (Å²) in [6.07, 6.45) is 1.62. The van der Waals surface area contributed by atoms with Crippen LogP contribution < -0.4 is 5.32 Å². The van der Waals surface area contributed by atoms with Crippen molar-refractivity contribution in [1.82, 2.24) is 10.3 Å². The van der Waals surface area contributed by atoms with Gasteiger partial charge in [-0.05, 0) is 27.0 Å². The van der Waals surface area contributed by atoms with Crippen LogP contribution in [0.5, 0.6) is 0 Å². The topological polar surface area (TPSA) is 68.1 Å². The quantitative estimate of drug-likeness (QED) is 0.626. The van der Waals surface area contributed by atoms with E-state index in [0.717, 1.165) is 0 Å². The number of nitro groups is 1. The highest BCUT2D eigenvalue weighted by Gasteiger charge is 2.25. The predicted octanol–water partition coefficient (Wildman–Crippen LogP) is 2.01. The van der Waals surface area contributed by atoms with Gasteiger partial charge in [0.25, 0.3) is 5.69 Å². The Kier molecular flexibility index (Phi) is 3.95. The summed E-state index contributed by atoms with van der Waals surface area (Å²) in [6, 6.07) is 1.81. The standard InChI is InChI=1S/C11H17N3O2/c1-7-5-6-13-10(11(7)14(15)16)8(2)9(3)12-4/h5-6,8-9,12H,1-4H3. The van der Waals surface area contributed by atoms with Gasteiger partial charge in [0, 0.05) is 23.7 Å². The zero-order valence-electron chi connectivity index (χ0n) is 10.0. The van der Waals surface area contributed by atoms with Crippen molar-refractivity contribution < 1.29 is 4.92 Å². The van der Waals surface area contributed by atoms with Crippen molar-refractivity contribution >= 4 is 5.69 Å². The fraction of sp³-hybridized carbons (Fsp3) is 0.545.